The minimum atomic E-state index is -0.945. The van der Waals surface area contributed by atoms with E-state index in [1.165, 1.54) is 24.3 Å². The molecule has 0 amide bonds. The van der Waals surface area contributed by atoms with E-state index in [0.717, 1.165) is 5.56 Å². The monoisotopic (exact) mass is 232 g/mol. The van der Waals surface area contributed by atoms with Gasteiger partial charge in [0.15, 0.2) is 18.9 Å². The summed E-state index contributed by atoms with van der Waals surface area (Å²) < 4.78 is 14.5. The van der Waals surface area contributed by atoms with E-state index in [2.05, 4.69) is 0 Å². The van der Waals surface area contributed by atoms with E-state index in [4.69, 9.17) is 5.11 Å². The Morgan fingerprint density at radius 3 is 2.24 bits per heavy atom. The highest BCUT2D eigenvalue weighted by molar-refractivity contribution is 5.87. The molecule has 1 aromatic carbocycles. The SMILES string of the molecule is O=C(O)c1cc[n+](Cc2ccc(F)cc2)cc1. The predicted octanol–water partition coefficient (Wildman–Crippen LogP) is 1.86. The summed E-state index contributed by atoms with van der Waals surface area (Å²) in [7, 11) is 0. The molecule has 1 heterocycles. The molecule has 1 N–H and O–H groups in total. The normalized spacial score (nSPS) is 10.2. The zero-order valence-corrected chi connectivity index (χ0v) is 9.01. The average Bonchev–Trinajstić information content (AvgIpc) is 2.33. The van der Waals surface area contributed by atoms with Gasteiger partial charge in [0.05, 0.1) is 5.56 Å². The third-order valence-electron chi connectivity index (χ3n) is 2.42. The number of aromatic nitrogens is 1. The van der Waals surface area contributed by atoms with E-state index in [1.54, 1.807) is 24.5 Å². The maximum atomic E-state index is 12.7. The summed E-state index contributed by atoms with van der Waals surface area (Å²) in [6, 6.07) is 9.28. The van der Waals surface area contributed by atoms with Crippen molar-refractivity contribution >= 4 is 5.97 Å². The Hall–Kier alpha value is -2.23. The average molecular weight is 232 g/mol. The molecule has 0 saturated heterocycles. The summed E-state index contributed by atoms with van der Waals surface area (Å²) in [6.07, 6.45) is 3.37. The van der Waals surface area contributed by atoms with Crippen molar-refractivity contribution in [2.75, 3.05) is 0 Å². The number of hydrogen-bond donors (Lipinski definition) is 1. The Bertz CT molecular complexity index is 520. The van der Waals surface area contributed by atoms with Gasteiger partial charge in [-0.2, -0.15) is 0 Å². The molecule has 2 rings (SSSR count). The van der Waals surface area contributed by atoms with Crippen LogP contribution in [0.3, 0.4) is 0 Å². The van der Waals surface area contributed by atoms with E-state index in [1.807, 2.05) is 4.57 Å². The molecule has 0 spiro atoms. The number of halogens is 1. The van der Waals surface area contributed by atoms with Crippen LogP contribution in [-0.4, -0.2) is 11.1 Å². The quantitative estimate of drug-likeness (QED) is 0.820. The second-order valence-corrected chi connectivity index (χ2v) is 3.69. The molecule has 17 heavy (non-hydrogen) atoms. The molecule has 0 unspecified atom stereocenters. The molecule has 0 saturated carbocycles. The number of nitrogens with zero attached hydrogens (tertiary/aromatic N) is 1. The molecule has 2 aromatic rings. The largest absolute Gasteiger partial charge is 0.478 e. The lowest BCUT2D eigenvalue weighted by Gasteiger charge is -1.98. The smallest absolute Gasteiger partial charge is 0.336 e. The van der Waals surface area contributed by atoms with Gasteiger partial charge in [-0.15, -0.1) is 0 Å². The van der Waals surface area contributed by atoms with Gasteiger partial charge in [0.25, 0.3) is 0 Å². The van der Waals surface area contributed by atoms with Crippen molar-refractivity contribution in [2.45, 2.75) is 6.54 Å². The molecule has 0 aliphatic carbocycles. The van der Waals surface area contributed by atoms with Crippen LogP contribution in [0.25, 0.3) is 0 Å². The van der Waals surface area contributed by atoms with Crippen LogP contribution in [0, 0.1) is 5.82 Å². The topological polar surface area (TPSA) is 41.2 Å². The zero-order valence-electron chi connectivity index (χ0n) is 9.01. The molecule has 0 atom stereocenters. The summed E-state index contributed by atoms with van der Waals surface area (Å²) in [5, 5.41) is 8.75. The number of carbonyl (C=O) groups is 1. The van der Waals surface area contributed by atoms with E-state index >= 15 is 0 Å². The highest BCUT2D eigenvalue weighted by atomic mass is 19.1. The first-order chi connectivity index (χ1) is 8.15. The third kappa shape index (κ3) is 2.87. The lowest BCUT2D eigenvalue weighted by molar-refractivity contribution is -0.688. The van der Waals surface area contributed by atoms with E-state index in [9.17, 15) is 9.18 Å². The van der Waals surface area contributed by atoms with Crippen LogP contribution in [0.2, 0.25) is 0 Å². The van der Waals surface area contributed by atoms with Crippen LogP contribution in [-0.2, 0) is 6.54 Å². The van der Waals surface area contributed by atoms with E-state index < -0.39 is 5.97 Å². The number of carboxylic acid groups (broad SMARTS) is 1. The minimum absolute atomic E-state index is 0.250. The molecule has 0 aliphatic heterocycles. The fourth-order valence-corrected chi connectivity index (χ4v) is 1.51. The number of rotatable bonds is 3. The minimum Gasteiger partial charge on any atom is -0.478 e. The molecule has 3 nitrogen and oxygen atoms in total. The summed E-state index contributed by atoms with van der Waals surface area (Å²) in [5.41, 5.74) is 1.21. The molecule has 0 radical (unpaired) electrons. The molecule has 0 fully saturated rings. The first-order valence-electron chi connectivity index (χ1n) is 5.12. The van der Waals surface area contributed by atoms with Gasteiger partial charge in [-0.3, -0.25) is 0 Å². The van der Waals surface area contributed by atoms with Crippen molar-refractivity contribution in [1.29, 1.82) is 0 Å². The van der Waals surface area contributed by atoms with E-state index in [-0.39, 0.29) is 11.4 Å². The third-order valence-corrected chi connectivity index (χ3v) is 2.42. The number of aromatic carboxylic acids is 1. The molecule has 1 aromatic heterocycles. The second kappa shape index (κ2) is 4.74. The standard InChI is InChI=1S/C13H10FNO2/c14-12-3-1-10(2-4-12)9-15-7-5-11(6-8-15)13(16)17/h1-8H,9H2/p+1. The number of pyridine rings is 1. The first-order valence-corrected chi connectivity index (χ1v) is 5.12. The Morgan fingerprint density at radius 1 is 1.12 bits per heavy atom. The lowest BCUT2D eigenvalue weighted by Crippen LogP contribution is -2.33. The molecular weight excluding hydrogens is 221 g/mol. The highest BCUT2D eigenvalue weighted by Crippen LogP contribution is 2.02. The van der Waals surface area contributed by atoms with Gasteiger partial charge in [0.1, 0.15) is 5.82 Å². The van der Waals surface area contributed by atoms with Crippen LogP contribution >= 0.6 is 0 Å². The second-order valence-electron chi connectivity index (χ2n) is 3.69. The van der Waals surface area contributed by atoms with Crippen LogP contribution in [0.5, 0.6) is 0 Å². The number of carboxylic acids is 1. The van der Waals surface area contributed by atoms with E-state index in [0.29, 0.717) is 6.54 Å². The lowest BCUT2D eigenvalue weighted by atomic mass is 10.2. The van der Waals surface area contributed by atoms with Gasteiger partial charge in [-0.05, 0) is 24.3 Å². The van der Waals surface area contributed by atoms with Gasteiger partial charge < -0.3 is 5.11 Å². The molecule has 4 heteroatoms. The number of hydrogen-bond acceptors (Lipinski definition) is 1. The van der Waals surface area contributed by atoms with Gasteiger partial charge in [0, 0.05) is 17.7 Å². The van der Waals surface area contributed by atoms with Crippen LogP contribution in [0.4, 0.5) is 4.39 Å². The van der Waals surface area contributed by atoms with Gasteiger partial charge in [-0.25, -0.2) is 13.8 Å². The Kier molecular flexibility index (Phi) is 3.14. The van der Waals surface area contributed by atoms with Crippen molar-refractivity contribution < 1.29 is 18.9 Å². The summed E-state index contributed by atoms with van der Waals surface area (Å²) in [4.78, 5) is 10.7. The van der Waals surface area contributed by atoms with Crippen molar-refractivity contribution in [3.05, 3.63) is 65.7 Å². The number of benzene rings is 1. The highest BCUT2D eigenvalue weighted by Gasteiger charge is 2.06. The summed E-state index contributed by atoms with van der Waals surface area (Å²) in [5.74, 6) is -1.21. The fourth-order valence-electron chi connectivity index (χ4n) is 1.51. The predicted molar refractivity (Wildman–Crippen MR) is 59.1 cm³/mol. The van der Waals surface area contributed by atoms with Gasteiger partial charge in [-0.1, -0.05) is 0 Å². The Labute approximate surface area is 97.8 Å². The van der Waals surface area contributed by atoms with Crippen molar-refractivity contribution in [3.63, 3.8) is 0 Å². The van der Waals surface area contributed by atoms with Crippen LogP contribution < -0.4 is 4.57 Å². The fraction of sp³-hybridized carbons (Fsp3) is 0.0769. The maximum Gasteiger partial charge on any atom is 0.336 e. The van der Waals surface area contributed by atoms with Gasteiger partial charge in [0.2, 0.25) is 0 Å². The Morgan fingerprint density at radius 2 is 1.71 bits per heavy atom. The molecule has 0 bridgehead atoms. The van der Waals surface area contributed by atoms with Crippen molar-refractivity contribution in [2.24, 2.45) is 0 Å². The van der Waals surface area contributed by atoms with Gasteiger partial charge >= 0.3 is 5.97 Å². The van der Waals surface area contributed by atoms with Crippen LogP contribution in [0.15, 0.2) is 48.8 Å². The maximum absolute atomic E-state index is 12.7. The zero-order chi connectivity index (χ0) is 12.3. The van der Waals surface area contributed by atoms with Crippen LogP contribution in [0.1, 0.15) is 15.9 Å². The van der Waals surface area contributed by atoms with Crippen molar-refractivity contribution in [3.8, 4) is 0 Å². The first kappa shape index (κ1) is 11.3. The molecule has 0 aliphatic rings. The molecule has 86 valence electrons. The summed E-state index contributed by atoms with van der Waals surface area (Å²) in [6.45, 7) is 0.584. The molecular formula is C13H11FNO2+. The Balaban J connectivity index is 2.13. The summed E-state index contributed by atoms with van der Waals surface area (Å²) >= 11 is 0. The van der Waals surface area contributed by atoms with Crippen molar-refractivity contribution in [1.82, 2.24) is 0 Å².